The molecule has 4 heteroatoms. The fourth-order valence-electron chi connectivity index (χ4n) is 3.08. The molecule has 0 spiro atoms. The first-order valence-corrected chi connectivity index (χ1v) is 8.23. The Morgan fingerprint density at radius 3 is 2.50 bits per heavy atom. The van der Waals surface area contributed by atoms with Crippen molar-refractivity contribution >= 4 is 18.3 Å². The fourth-order valence-corrected chi connectivity index (χ4v) is 3.08. The second kappa shape index (κ2) is 7.47. The molecule has 1 aliphatic heterocycles. The molecule has 2 fully saturated rings. The van der Waals surface area contributed by atoms with Gasteiger partial charge in [0.2, 0.25) is 0 Å². The van der Waals surface area contributed by atoms with Crippen LogP contribution in [0.1, 0.15) is 47.2 Å². The van der Waals surface area contributed by atoms with Crippen LogP contribution in [-0.4, -0.2) is 36.5 Å². The zero-order chi connectivity index (χ0) is 14.8. The number of halogens is 1. The lowest BCUT2D eigenvalue weighted by Crippen LogP contribution is -2.45. The predicted molar refractivity (Wildman–Crippen MR) is 92.8 cm³/mol. The molecule has 0 bridgehead atoms. The number of rotatable bonds is 4. The van der Waals surface area contributed by atoms with E-state index < -0.39 is 0 Å². The van der Waals surface area contributed by atoms with Crippen LogP contribution >= 0.6 is 12.4 Å². The third-order valence-corrected chi connectivity index (χ3v) is 4.80. The second-order valence-electron chi connectivity index (χ2n) is 6.74. The Bertz CT molecular complexity index is 520. The Balaban J connectivity index is 0.00000176. The van der Waals surface area contributed by atoms with Crippen molar-refractivity contribution in [1.82, 2.24) is 10.2 Å². The van der Waals surface area contributed by atoms with Gasteiger partial charge in [-0.05, 0) is 63.6 Å². The molecule has 22 heavy (non-hydrogen) atoms. The van der Waals surface area contributed by atoms with Crippen molar-refractivity contribution in [2.24, 2.45) is 5.92 Å². The molecule has 0 atom stereocenters. The smallest absolute Gasteiger partial charge is 0.254 e. The van der Waals surface area contributed by atoms with Gasteiger partial charge in [-0.2, -0.15) is 0 Å². The highest BCUT2D eigenvalue weighted by Crippen LogP contribution is 2.28. The maximum absolute atomic E-state index is 12.7. The summed E-state index contributed by atoms with van der Waals surface area (Å²) in [4.78, 5) is 14.7. The van der Waals surface area contributed by atoms with Gasteiger partial charge in [0.1, 0.15) is 0 Å². The van der Waals surface area contributed by atoms with Crippen molar-refractivity contribution in [2.75, 3.05) is 19.6 Å². The van der Waals surface area contributed by atoms with E-state index in [4.69, 9.17) is 0 Å². The van der Waals surface area contributed by atoms with Crippen molar-refractivity contribution in [2.45, 2.75) is 45.6 Å². The van der Waals surface area contributed by atoms with E-state index in [1.165, 1.54) is 19.4 Å². The van der Waals surface area contributed by atoms with E-state index in [9.17, 15) is 4.79 Å². The lowest BCUT2D eigenvalue weighted by molar-refractivity contribution is 0.0704. The molecular formula is C18H27ClN2O. The van der Waals surface area contributed by atoms with Crippen molar-refractivity contribution in [3.63, 3.8) is 0 Å². The first-order chi connectivity index (χ1) is 10.1. The molecule has 1 aromatic carbocycles. The number of nitrogens with zero attached hydrogens (tertiary/aromatic N) is 1. The minimum absolute atomic E-state index is 0. The minimum Gasteiger partial charge on any atom is -0.339 e. The zero-order valence-electron chi connectivity index (χ0n) is 13.6. The third kappa shape index (κ3) is 4.23. The van der Waals surface area contributed by atoms with Gasteiger partial charge in [-0.25, -0.2) is 0 Å². The molecule has 1 amide bonds. The Morgan fingerprint density at radius 1 is 1.18 bits per heavy atom. The average molecular weight is 323 g/mol. The number of carbonyl (C=O) groups excluding carboxylic acids is 1. The van der Waals surface area contributed by atoms with E-state index in [0.717, 1.165) is 48.5 Å². The Morgan fingerprint density at radius 2 is 1.86 bits per heavy atom. The molecule has 1 N–H and O–H groups in total. The van der Waals surface area contributed by atoms with Crippen LogP contribution in [0, 0.1) is 19.8 Å². The van der Waals surface area contributed by atoms with Crippen molar-refractivity contribution in [1.29, 1.82) is 0 Å². The highest BCUT2D eigenvalue weighted by atomic mass is 35.5. The molecule has 1 saturated carbocycles. The predicted octanol–water partition coefficient (Wildman–Crippen LogP) is 3.33. The highest BCUT2D eigenvalue weighted by Gasteiger charge is 2.26. The quantitative estimate of drug-likeness (QED) is 0.922. The van der Waals surface area contributed by atoms with Crippen LogP contribution in [0.25, 0.3) is 0 Å². The standard InChI is InChI=1S/C18H26N2O.ClH/c1-13-3-4-14(2)17(11-13)18(21)20-9-7-16(8-10-20)19-12-15-5-6-15;/h3-4,11,15-16,19H,5-10,12H2,1-2H3;1H. The summed E-state index contributed by atoms with van der Waals surface area (Å²) in [5, 5.41) is 3.67. The van der Waals surface area contributed by atoms with E-state index in [1.807, 2.05) is 30.9 Å². The molecule has 0 aromatic heterocycles. The number of likely N-dealkylation sites (tertiary alicyclic amines) is 1. The van der Waals surface area contributed by atoms with Crippen molar-refractivity contribution in [3.8, 4) is 0 Å². The highest BCUT2D eigenvalue weighted by molar-refractivity contribution is 5.95. The number of nitrogens with one attached hydrogen (secondary N) is 1. The number of hydrogen-bond acceptors (Lipinski definition) is 2. The normalized spacial score (nSPS) is 18.9. The third-order valence-electron chi connectivity index (χ3n) is 4.80. The maximum atomic E-state index is 12.7. The van der Waals surface area contributed by atoms with Gasteiger partial charge in [0.05, 0.1) is 0 Å². The molecule has 3 nitrogen and oxygen atoms in total. The number of amides is 1. The van der Waals surface area contributed by atoms with Crippen LogP contribution in [0.15, 0.2) is 18.2 Å². The molecule has 0 unspecified atom stereocenters. The van der Waals surface area contributed by atoms with Gasteiger partial charge >= 0.3 is 0 Å². The molecule has 1 saturated heterocycles. The average Bonchev–Trinajstić information content (AvgIpc) is 3.32. The van der Waals surface area contributed by atoms with Gasteiger partial charge in [-0.1, -0.05) is 17.7 Å². The number of aryl methyl sites for hydroxylation is 2. The largest absolute Gasteiger partial charge is 0.339 e. The summed E-state index contributed by atoms with van der Waals surface area (Å²) in [5.41, 5.74) is 3.11. The summed E-state index contributed by atoms with van der Waals surface area (Å²) in [5.74, 6) is 1.14. The van der Waals surface area contributed by atoms with Gasteiger partial charge in [0.15, 0.2) is 0 Å². The first-order valence-electron chi connectivity index (χ1n) is 8.23. The number of benzene rings is 1. The van der Waals surface area contributed by atoms with Crippen molar-refractivity contribution in [3.05, 3.63) is 34.9 Å². The SMILES string of the molecule is Cc1ccc(C)c(C(=O)N2CCC(NCC3CC3)CC2)c1.Cl. The summed E-state index contributed by atoms with van der Waals surface area (Å²) < 4.78 is 0. The van der Waals surface area contributed by atoms with Crippen LogP contribution in [0.2, 0.25) is 0 Å². The maximum Gasteiger partial charge on any atom is 0.254 e. The molecule has 0 radical (unpaired) electrons. The molecule has 1 aliphatic carbocycles. The second-order valence-corrected chi connectivity index (χ2v) is 6.74. The number of hydrogen-bond donors (Lipinski definition) is 1. The van der Waals surface area contributed by atoms with Gasteiger partial charge in [0, 0.05) is 24.7 Å². The minimum atomic E-state index is 0. The molecule has 1 aromatic rings. The summed E-state index contributed by atoms with van der Waals surface area (Å²) in [6.45, 7) is 7.01. The van der Waals surface area contributed by atoms with E-state index in [2.05, 4.69) is 11.4 Å². The van der Waals surface area contributed by atoms with Gasteiger partial charge in [-0.15, -0.1) is 12.4 Å². The van der Waals surface area contributed by atoms with E-state index in [-0.39, 0.29) is 18.3 Å². The molecule has 2 aliphatic rings. The van der Waals surface area contributed by atoms with Crippen molar-refractivity contribution < 1.29 is 4.79 Å². The summed E-state index contributed by atoms with van der Waals surface area (Å²) >= 11 is 0. The number of piperidine rings is 1. The van der Waals surface area contributed by atoms with Crippen LogP contribution in [0.5, 0.6) is 0 Å². The molecule has 1 heterocycles. The summed E-state index contributed by atoms with van der Waals surface area (Å²) in [7, 11) is 0. The lowest BCUT2D eigenvalue weighted by atomic mass is 10.0. The van der Waals surface area contributed by atoms with E-state index >= 15 is 0 Å². The van der Waals surface area contributed by atoms with E-state index in [0.29, 0.717) is 6.04 Å². The molecular weight excluding hydrogens is 296 g/mol. The lowest BCUT2D eigenvalue weighted by Gasteiger charge is -2.33. The first kappa shape index (κ1) is 17.3. The van der Waals surface area contributed by atoms with E-state index in [1.54, 1.807) is 0 Å². The van der Waals surface area contributed by atoms with Crippen LogP contribution in [-0.2, 0) is 0 Å². The Hall–Kier alpha value is -1.06. The monoisotopic (exact) mass is 322 g/mol. The molecule has 122 valence electrons. The Labute approximate surface area is 139 Å². The van der Waals surface area contributed by atoms with Gasteiger partial charge in [-0.3, -0.25) is 4.79 Å². The van der Waals surface area contributed by atoms with Crippen LogP contribution in [0.4, 0.5) is 0 Å². The van der Waals surface area contributed by atoms with Crippen LogP contribution < -0.4 is 5.32 Å². The van der Waals surface area contributed by atoms with Gasteiger partial charge < -0.3 is 10.2 Å². The van der Waals surface area contributed by atoms with Gasteiger partial charge in [0.25, 0.3) is 5.91 Å². The summed E-state index contributed by atoms with van der Waals surface area (Å²) in [6.07, 6.45) is 4.97. The fraction of sp³-hybridized carbons (Fsp3) is 0.611. The Kier molecular flexibility index (Phi) is 5.87. The number of carbonyl (C=O) groups is 1. The topological polar surface area (TPSA) is 32.3 Å². The summed E-state index contributed by atoms with van der Waals surface area (Å²) in [6, 6.07) is 6.75. The zero-order valence-corrected chi connectivity index (χ0v) is 14.4. The van der Waals surface area contributed by atoms with Crippen LogP contribution in [0.3, 0.4) is 0 Å². The molecule has 3 rings (SSSR count).